The molecule has 0 fully saturated rings. The molecular weight excluding hydrogens is 747 g/mol. The minimum Gasteiger partial charge on any atom is -0.469 e. The van der Waals surface area contributed by atoms with Crippen LogP contribution in [0.2, 0.25) is 0 Å². The van der Waals surface area contributed by atoms with Crippen LogP contribution in [0.5, 0.6) is 0 Å². The van der Waals surface area contributed by atoms with Gasteiger partial charge in [0.05, 0.1) is 89.4 Å². The van der Waals surface area contributed by atoms with E-state index in [4.69, 9.17) is 35.0 Å². The van der Waals surface area contributed by atoms with Gasteiger partial charge in [-0.3, -0.25) is 9.59 Å². The van der Waals surface area contributed by atoms with Crippen molar-refractivity contribution in [3.8, 4) is 6.07 Å². The summed E-state index contributed by atoms with van der Waals surface area (Å²) in [7, 11) is 1.33. The Labute approximate surface area is 344 Å². The highest BCUT2D eigenvalue weighted by Crippen LogP contribution is 2.42. The average molecular weight is 810 g/mol. The second-order valence-electron chi connectivity index (χ2n) is 13.4. The minimum atomic E-state index is -0.556. The van der Waals surface area contributed by atoms with E-state index in [1.54, 1.807) is 6.92 Å². The van der Waals surface area contributed by atoms with Crippen LogP contribution in [0.4, 0.5) is 22.1 Å². The topological polar surface area (TPSA) is 146 Å². The number of rotatable bonds is 32. The zero-order chi connectivity index (χ0) is 41.5. The van der Waals surface area contributed by atoms with Crippen molar-refractivity contribution in [2.24, 2.45) is 16.1 Å². The Kier molecular flexibility index (Phi) is 26.5. The Balaban J connectivity index is 1.62. The molecular formula is C43H63N5O8S. The van der Waals surface area contributed by atoms with Gasteiger partial charge in [0.15, 0.2) is 0 Å². The largest absolute Gasteiger partial charge is 0.469 e. The normalized spacial score (nSPS) is 11.8. The molecule has 1 aromatic heterocycles. The summed E-state index contributed by atoms with van der Waals surface area (Å²) in [6.07, 6.45) is 13.4. The predicted octanol–water partition coefficient (Wildman–Crippen LogP) is 9.91. The van der Waals surface area contributed by atoms with E-state index in [1.807, 2.05) is 25.1 Å². The van der Waals surface area contributed by atoms with Crippen LogP contribution in [-0.2, 0) is 38.0 Å². The molecule has 0 aliphatic carbocycles. The molecule has 14 heteroatoms. The Morgan fingerprint density at radius 1 is 0.877 bits per heavy atom. The van der Waals surface area contributed by atoms with Crippen molar-refractivity contribution in [2.75, 3.05) is 84.6 Å². The third-order valence-electron chi connectivity index (χ3n) is 9.01. The number of azo groups is 1. The first-order valence-electron chi connectivity index (χ1n) is 20.2. The maximum atomic E-state index is 12.2. The van der Waals surface area contributed by atoms with Crippen LogP contribution in [0.3, 0.4) is 0 Å². The van der Waals surface area contributed by atoms with Gasteiger partial charge < -0.3 is 33.3 Å². The summed E-state index contributed by atoms with van der Waals surface area (Å²) in [5.41, 5.74) is 3.80. The quantitative estimate of drug-likeness (QED) is 0.0230. The zero-order valence-corrected chi connectivity index (χ0v) is 35.5. The summed E-state index contributed by atoms with van der Waals surface area (Å²) >= 11 is 1.19. The standard InChI is InChI=1S/C43H63N5O8S/c1-7-9-11-13-14-15-17-36(43(50)51-6)32-40(49)56-30-29-55-28-27-54-26-25-53-24-23-52-22-21-48(20-16-12-10-8-2)37-18-19-38(34(3)31-37)46-47-42-41(45-5)35(4)39(33-44)57-42/h14-15,18-19,31,36H,7-13,16-17,20-30,32H2,1-4,6H3/b15-14+,47-46?. The van der Waals surface area contributed by atoms with Crippen LogP contribution < -0.4 is 4.90 Å². The van der Waals surface area contributed by atoms with Gasteiger partial charge in [-0.1, -0.05) is 58.1 Å². The van der Waals surface area contributed by atoms with Crippen molar-refractivity contribution in [2.45, 2.75) is 91.9 Å². The SMILES string of the molecule is [C-]#[N+]c1c(N=Nc2ccc(N(CCCCCC)CCOCCOCCOCCOCCOC(=O)CC(C/C=C/CCCCC)C(=O)OC)cc2C)sc(C#N)c1C. The summed E-state index contributed by atoms with van der Waals surface area (Å²) in [6.45, 7) is 20.7. The first kappa shape index (κ1) is 49.0. The number of ether oxygens (including phenoxy) is 6. The number of nitrogens with zero attached hydrogens (tertiary/aromatic N) is 5. The number of methoxy groups -OCH3 is 1. The lowest BCUT2D eigenvalue weighted by Gasteiger charge is -2.25. The third kappa shape index (κ3) is 20.2. The Morgan fingerprint density at radius 2 is 1.53 bits per heavy atom. The lowest BCUT2D eigenvalue weighted by atomic mass is 10.0. The molecule has 1 atom stereocenters. The molecule has 0 aliphatic heterocycles. The van der Waals surface area contributed by atoms with Crippen LogP contribution in [0.1, 0.15) is 94.1 Å². The van der Waals surface area contributed by atoms with Crippen molar-refractivity contribution in [1.29, 1.82) is 5.26 Å². The third-order valence-corrected chi connectivity index (χ3v) is 10.1. The van der Waals surface area contributed by atoms with E-state index in [0.29, 0.717) is 79.5 Å². The number of allylic oxidation sites excluding steroid dienone is 2. The van der Waals surface area contributed by atoms with Crippen LogP contribution >= 0.6 is 11.3 Å². The molecule has 0 radical (unpaired) electrons. The molecule has 57 heavy (non-hydrogen) atoms. The highest BCUT2D eigenvalue weighted by atomic mass is 32.1. The number of carbonyl (C=O) groups is 2. The molecule has 13 nitrogen and oxygen atoms in total. The average Bonchev–Trinajstić information content (AvgIpc) is 3.53. The number of thiophene rings is 1. The number of carbonyl (C=O) groups excluding carboxylic acids is 2. The highest BCUT2D eigenvalue weighted by molar-refractivity contribution is 7.17. The smallest absolute Gasteiger partial charge is 0.309 e. The fraction of sp³-hybridized carbons (Fsp3) is 0.628. The van der Waals surface area contributed by atoms with Gasteiger partial charge in [-0.2, -0.15) is 15.5 Å². The van der Waals surface area contributed by atoms with Gasteiger partial charge in [0.25, 0.3) is 0 Å². The van der Waals surface area contributed by atoms with E-state index >= 15 is 0 Å². The number of anilines is 1. The first-order chi connectivity index (χ1) is 27.8. The Bertz CT molecular complexity index is 1600. The molecule has 2 rings (SSSR count). The highest BCUT2D eigenvalue weighted by Gasteiger charge is 2.22. The second kappa shape index (κ2) is 30.9. The molecule has 0 saturated heterocycles. The maximum Gasteiger partial charge on any atom is 0.309 e. The van der Waals surface area contributed by atoms with E-state index in [9.17, 15) is 14.9 Å². The van der Waals surface area contributed by atoms with Crippen molar-refractivity contribution in [3.05, 3.63) is 57.8 Å². The molecule has 1 heterocycles. The van der Waals surface area contributed by atoms with E-state index in [-0.39, 0.29) is 19.6 Å². The monoisotopic (exact) mass is 809 g/mol. The van der Waals surface area contributed by atoms with Crippen LogP contribution in [-0.4, -0.2) is 91.6 Å². The van der Waals surface area contributed by atoms with Crippen LogP contribution in [0.15, 0.2) is 40.6 Å². The summed E-state index contributed by atoms with van der Waals surface area (Å²) in [4.78, 5) is 30.7. The lowest BCUT2D eigenvalue weighted by molar-refractivity contribution is -0.154. The van der Waals surface area contributed by atoms with Crippen molar-refractivity contribution < 1.29 is 38.0 Å². The van der Waals surface area contributed by atoms with Gasteiger partial charge in [0.2, 0.25) is 5.69 Å². The number of unbranched alkanes of at least 4 members (excludes halogenated alkanes) is 6. The molecule has 2 aromatic rings. The summed E-state index contributed by atoms with van der Waals surface area (Å²) < 4.78 is 32.7. The molecule has 0 saturated carbocycles. The Morgan fingerprint density at radius 3 is 2.14 bits per heavy atom. The summed E-state index contributed by atoms with van der Waals surface area (Å²) in [5, 5.41) is 18.5. The first-order valence-corrected chi connectivity index (χ1v) is 21.0. The van der Waals surface area contributed by atoms with Gasteiger partial charge in [-0.05, 0) is 68.9 Å². The van der Waals surface area contributed by atoms with E-state index in [0.717, 1.165) is 50.0 Å². The minimum absolute atomic E-state index is 0.0288. The van der Waals surface area contributed by atoms with Gasteiger partial charge in [0.1, 0.15) is 17.7 Å². The fourth-order valence-electron chi connectivity index (χ4n) is 5.67. The zero-order valence-electron chi connectivity index (χ0n) is 34.7. The molecule has 0 amide bonds. The number of hydrogen-bond donors (Lipinski definition) is 0. The molecule has 314 valence electrons. The van der Waals surface area contributed by atoms with Crippen LogP contribution in [0.25, 0.3) is 4.85 Å². The second-order valence-corrected chi connectivity index (χ2v) is 14.4. The number of esters is 2. The van der Waals surface area contributed by atoms with Crippen molar-refractivity contribution in [3.63, 3.8) is 0 Å². The number of hydrogen-bond acceptors (Lipinski definition) is 13. The fourth-order valence-corrected chi connectivity index (χ4v) is 6.54. The van der Waals surface area contributed by atoms with Gasteiger partial charge in [0, 0.05) is 18.8 Å². The molecule has 1 aromatic carbocycles. The van der Waals surface area contributed by atoms with Gasteiger partial charge >= 0.3 is 11.9 Å². The van der Waals surface area contributed by atoms with Crippen molar-refractivity contribution in [1.82, 2.24) is 0 Å². The molecule has 0 spiro atoms. The number of benzene rings is 1. The predicted molar refractivity (Wildman–Crippen MR) is 224 cm³/mol. The molecule has 0 aliphatic rings. The molecule has 0 bridgehead atoms. The molecule has 1 unspecified atom stereocenters. The molecule has 0 N–H and O–H groups in total. The maximum absolute atomic E-state index is 12.2. The van der Waals surface area contributed by atoms with Gasteiger partial charge in [-0.15, -0.1) is 11.3 Å². The van der Waals surface area contributed by atoms with Gasteiger partial charge in [-0.25, -0.2) is 4.85 Å². The number of nitriles is 1. The summed E-state index contributed by atoms with van der Waals surface area (Å²) in [6, 6.07) is 8.22. The van der Waals surface area contributed by atoms with E-state index in [1.165, 1.54) is 44.1 Å². The Hall–Kier alpha value is -4.18. The lowest BCUT2D eigenvalue weighted by Crippen LogP contribution is -2.29. The van der Waals surface area contributed by atoms with Crippen molar-refractivity contribution >= 4 is 45.3 Å². The summed E-state index contributed by atoms with van der Waals surface area (Å²) in [5.74, 6) is -1.42. The number of aryl methyl sites for hydroxylation is 1. The van der Waals surface area contributed by atoms with E-state index in [2.05, 4.69) is 52.0 Å². The van der Waals surface area contributed by atoms with Crippen LogP contribution in [0, 0.1) is 37.7 Å². The van der Waals surface area contributed by atoms with E-state index < -0.39 is 17.9 Å².